The summed E-state index contributed by atoms with van der Waals surface area (Å²) in [6, 6.07) is 7.77. The molecule has 0 spiro atoms. The average molecular weight is 317 g/mol. The summed E-state index contributed by atoms with van der Waals surface area (Å²) in [5.41, 5.74) is 2.25. The van der Waals surface area contributed by atoms with Crippen LogP contribution in [0.4, 0.5) is 0 Å². The molecule has 22 heavy (non-hydrogen) atoms. The van der Waals surface area contributed by atoms with E-state index in [0.29, 0.717) is 17.6 Å². The Morgan fingerprint density at radius 1 is 1.27 bits per heavy atom. The number of allylic oxidation sites excluding steroid dienone is 2. The van der Waals surface area contributed by atoms with Gasteiger partial charge < -0.3 is 10.0 Å². The van der Waals surface area contributed by atoms with Gasteiger partial charge in [-0.25, -0.2) is 0 Å². The van der Waals surface area contributed by atoms with E-state index in [1.54, 1.807) is 11.8 Å². The summed E-state index contributed by atoms with van der Waals surface area (Å²) in [4.78, 5) is 15.8. The Bertz CT molecular complexity index is 567. The van der Waals surface area contributed by atoms with Gasteiger partial charge in [0.15, 0.2) is 0 Å². The summed E-state index contributed by atoms with van der Waals surface area (Å²) in [5.74, 6) is 2.14. The third-order valence-electron chi connectivity index (χ3n) is 4.68. The maximum Gasteiger partial charge on any atom is 0.253 e. The first-order valence-electron chi connectivity index (χ1n) is 7.96. The molecule has 1 saturated heterocycles. The second-order valence-electron chi connectivity index (χ2n) is 6.32. The normalized spacial score (nSPS) is 24.1. The Morgan fingerprint density at radius 3 is 2.73 bits per heavy atom. The molecule has 1 aromatic carbocycles. The first kappa shape index (κ1) is 15.6. The summed E-state index contributed by atoms with van der Waals surface area (Å²) in [6.07, 6.45) is 4.60. The van der Waals surface area contributed by atoms with Gasteiger partial charge >= 0.3 is 0 Å². The lowest BCUT2D eigenvalue weighted by Gasteiger charge is -2.21. The number of carbonyl (C=O) groups is 1. The third-order valence-corrected chi connectivity index (χ3v) is 5.67. The second-order valence-corrected chi connectivity index (χ2v) is 7.49. The summed E-state index contributed by atoms with van der Waals surface area (Å²) >= 11 is 1.61. The van der Waals surface area contributed by atoms with Crippen LogP contribution in [0.25, 0.3) is 0 Å². The van der Waals surface area contributed by atoms with Crippen LogP contribution in [-0.2, 0) is 0 Å². The van der Waals surface area contributed by atoms with E-state index in [4.69, 9.17) is 5.11 Å². The molecule has 1 aromatic rings. The van der Waals surface area contributed by atoms with Gasteiger partial charge in [-0.1, -0.05) is 11.6 Å². The van der Waals surface area contributed by atoms with Crippen LogP contribution in [0.15, 0.2) is 40.8 Å². The van der Waals surface area contributed by atoms with E-state index >= 15 is 0 Å². The third kappa shape index (κ3) is 3.39. The minimum atomic E-state index is 0.158. The molecular weight excluding hydrogens is 294 g/mol. The van der Waals surface area contributed by atoms with Gasteiger partial charge in [-0.2, -0.15) is 0 Å². The maximum absolute atomic E-state index is 12.7. The Hall–Kier alpha value is -1.26. The number of carbonyl (C=O) groups excluding carboxylic acids is 1. The van der Waals surface area contributed by atoms with Crippen molar-refractivity contribution in [1.29, 1.82) is 0 Å². The van der Waals surface area contributed by atoms with Crippen molar-refractivity contribution in [3.8, 4) is 0 Å². The highest BCUT2D eigenvalue weighted by molar-refractivity contribution is 7.99. The largest absolute Gasteiger partial charge is 0.396 e. The lowest BCUT2D eigenvalue weighted by Crippen LogP contribution is -2.28. The summed E-state index contributed by atoms with van der Waals surface area (Å²) in [6.45, 7) is 4.17. The molecule has 1 fully saturated rings. The number of nitrogens with zero attached hydrogens (tertiary/aromatic N) is 1. The van der Waals surface area contributed by atoms with Crippen molar-refractivity contribution in [2.45, 2.75) is 24.7 Å². The molecule has 1 aliphatic heterocycles. The van der Waals surface area contributed by atoms with Crippen LogP contribution >= 0.6 is 11.8 Å². The summed E-state index contributed by atoms with van der Waals surface area (Å²) < 4.78 is 0. The first-order chi connectivity index (χ1) is 10.7. The fourth-order valence-corrected chi connectivity index (χ4v) is 4.15. The minimum absolute atomic E-state index is 0.158. The van der Waals surface area contributed by atoms with Gasteiger partial charge in [-0.15, -0.1) is 11.8 Å². The lowest BCUT2D eigenvalue weighted by atomic mass is 9.83. The zero-order valence-corrected chi connectivity index (χ0v) is 13.8. The molecular formula is C18H23NO2S. The van der Waals surface area contributed by atoms with E-state index in [-0.39, 0.29) is 12.5 Å². The highest BCUT2D eigenvalue weighted by Crippen LogP contribution is 2.36. The zero-order chi connectivity index (χ0) is 15.5. The molecule has 4 heteroatoms. The number of rotatable bonds is 4. The highest BCUT2D eigenvalue weighted by atomic mass is 32.2. The van der Waals surface area contributed by atoms with E-state index < -0.39 is 0 Å². The minimum Gasteiger partial charge on any atom is -0.396 e. The number of hydrogen-bond acceptors (Lipinski definition) is 3. The van der Waals surface area contributed by atoms with Crippen LogP contribution < -0.4 is 0 Å². The number of benzene rings is 1. The molecule has 3 nitrogen and oxygen atoms in total. The van der Waals surface area contributed by atoms with E-state index in [0.717, 1.165) is 36.4 Å². The topological polar surface area (TPSA) is 40.5 Å². The number of hydrogen-bond donors (Lipinski definition) is 1. The number of aliphatic hydroxyl groups excluding tert-OH is 1. The molecule has 1 N–H and O–H groups in total. The second kappa shape index (κ2) is 6.88. The quantitative estimate of drug-likeness (QED) is 0.685. The van der Waals surface area contributed by atoms with Gasteiger partial charge in [0.05, 0.1) is 6.61 Å². The van der Waals surface area contributed by atoms with Crippen LogP contribution in [0.2, 0.25) is 0 Å². The highest BCUT2D eigenvalue weighted by Gasteiger charge is 2.36. The number of fused-ring (bicyclic) bond motifs is 1. The van der Waals surface area contributed by atoms with E-state index in [9.17, 15) is 4.79 Å². The van der Waals surface area contributed by atoms with Gasteiger partial charge in [-0.05, 0) is 55.9 Å². The van der Waals surface area contributed by atoms with Crippen molar-refractivity contribution < 1.29 is 9.90 Å². The van der Waals surface area contributed by atoms with Crippen molar-refractivity contribution in [2.24, 2.45) is 11.8 Å². The molecule has 2 unspecified atom stereocenters. The molecule has 0 aromatic heterocycles. The fraction of sp³-hybridized carbons (Fsp3) is 0.500. The molecule has 1 aliphatic carbocycles. The van der Waals surface area contributed by atoms with Crippen LogP contribution in [0.3, 0.4) is 0 Å². The number of aliphatic hydroxyl groups is 1. The standard InChI is InChI=1S/C18H23NO2S/c1-13-2-3-15-11-19(12-16(15)10-13)18(21)14-4-6-17(7-5-14)22-9-8-20/h2,4-7,15-16,20H,3,8-12H2,1H3. The molecule has 0 radical (unpaired) electrons. The monoisotopic (exact) mass is 317 g/mol. The van der Waals surface area contributed by atoms with Gasteiger partial charge in [0.2, 0.25) is 0 Å². The van der Waals surface area contributed by atoms with Crippen LogP contribution in [0.5, 0.6) is 0 Å². The molecule has 118 valence electrons. The zero-order valence-electron chi connectivity index (χ0n) is 13.0. The molecule has 0 saturated carbocycles. The lowest BCUT2D eigenvalue weighted by molar-refractivity contribution is 0.0784. The van der Waals surface area contributed by atoms with Crippen molar-refractivity contribution in [3.05, 3.63) is 41.5 Å². The average Bonchev–Trinajstić information content (AvgIpc) is 2.95. The number of likely N-dealkylation sites (tertiary alicyclic amines) is 1. The van der Waals surface area contributed by atoms with Gasteiger partial charge in [0.25, 0.3) is 5.91 Å². The Labute approximate surface area is 136 Å². The first-order valence-corrected chi connectivity index (χ1v) is 8.94. The SMILES string of the molecule is CC1=CCC2CN(C(=O)c3ccc(SCCO)cc3)CC2C1. The summed E-state index contributed by atoms with van der Waals surface area (Å²) in [5, 5.41) is 8.85. The molecule has 2 atom stereocenters. The van der Waals surface area contributed by atoms with Crippen molar-refractivity contribution >= 4 is 17.7 Å². The molecule has 1 amide bonds. The van der Waals surface area contributed by atoms with Gasteiger partial charge in [0.1, 0.15) is 0 Å². The predicted molar refractivity (Wildman–Crippen MR) is 90.1 cm³/mol. The van der Waals surface area contributed by atoms with Crippen molar-refractivity contribution in [3.63, 3.8) is 0 Å². The number of amides is 1. The van der Waals surface area contributed by atoms with Crippen LogP contribution in [0, 0.1) is 11.8 Å². The maximum atomic E-state index is 12.7. The fourth-order valence-electron chi connectivity index (χ4n) is 3.49. The Balaban J connectivity index is 1.63. The van der Waals surface area contributed by atoms with E-state index in [2.05, 4.69) is 13.0 Å². The smallest absolute Gasteiger partial charge is 0.253 e. The number of thioether (sulfide) groups is 1. The van der Waals surface area contributed by atoms with Gasteiger partial charge in [-0.3, -0.25) is 4.79 Å². The van der Waals surface area contributed by atoms with Crippen LogP contribution in [0.1, 0.15) is 30.1 Å². The van der Waals surface area contributed by atoms with E-state index in [1.165, 1.54) is 5.57 Å². The Kier molecular flexibility index (Phi) is 4.89. The molecule has 3 rings (SSSR count). The molecule has 1 heterocycles. The van der Waals surface area contributed by atoms with E-state index in [1.807, 2.05) is 29.2 Å². The summed E-state index contributed by atoms with van der Waals surface area (Å²) in [7, 11) is 0. The Morgan fingerprint density at radius 2 is 2.00 bits per heavy atom. The molecule has 0 bridgehead atoms. The van der Waals surface area contributed by atoms with Crippen molar-refractivity contribution in [1.82, 2.24) is 4.90 Å². The predicted octanol–water partition coefficient (Wildman–Crippen LogP) is 3.20. The van der Waals surface area contributed by atoms with Gasteiger partial charge in [0, 0.05) is 29.3 Å². The van der Waals surface area contributed by atoms with Crippen LogP contribution in [-0.4, -0.2) is 41.4 Å². The van der Waals surface area contributed by atoms with Crippen molar-refractivity contribution in [2.75, 3.05) is 25.4 Å². The molecule has 2 aliphatic rings.